The number of hydrogen-bond acceptors (Lipinski definition) is 3. The molecular weight excluding hydrogens is 284 g/mol. The van der Waals surface area contributed by atoms with Gasteiger partial charge in [-0.25, -0.2) is 4.98 Å². The summed E-state index contributed by atoms with van der Waals surface area (Å²) in [5, 5.41) is 0. The molecule has 0 amide bonds. The Balaban J connectivity index is 2.05. The summed E-state index contributed by atoms with van der Waals surface area (Å²) in [4.78, 5) is 9.58. The first-order valence-electron chi connectivity index (χ1n) is 8.49. The summed E-state index contributed by atoms with van der Waals surface area (Å²) in [5.74, 6) is 2.81. The second-order valence-electron chi connectivity index (χ2n) is 7.68. The van der Waals surface area contributed by atoms with Crippen molar-refractivity contribution in [3.05, 3.63) is 46.9 Å². The molecular formula is C20H26N2O. The van der Waals surface area contributed by atoms with Gasteiger partial charge >= 0.3 is 0 Å². The van der Waals surface area contributed by atoms with Crippen LogP contribution in [0.25, 0.3) is 0 Å². The lowest BCUT2D eigenvalue weighted by Gasteiger charge is -2.31. The van der Waals surface area contributed by atoms with Gasteiger partial charge in [-0.3, -0.25) is 0 Å². The molecule has 0 unspecified atom stereocenters. The van der Waals surface area contributed by atoms with Crippen LogP contribution in [0.2, 0.25) is 0 Å². The fourth-order valence-electron chi connectivity index (χ4n) is 3.05. The Morgan fingerprint density at radius 3 is 2.57 bits per heavy atom. The predicted molar refractivity (Wildman–Crippen MR) is 93.2 cm³/mol. The van der Waals surface area contributed by atoms with Gasteiger partial charge in [0.2, 0.25) is 5.88 Å². The van der Waals surface area contributed by atoms with Gasteiger partial charge in [0.15, 0.2) is 0 Å². The Bertz CT molecular complexity index is 720. The first kappa shape index (κ1) is 16.0. The molecule has 122 valence electrons. The molecule has 0 spiro atoms. The van der Waals surface area contributed by atoms with E-state index in [2.05, 4.69) is 40.7 Å². The third-order valence-electron chi connectivity index (χ3n) is 4.59. The summed E-state index contributed by atoms with van der Waals surface area (Å²) in [7, 11) is 0. The number of aromatic nitrogens is 2. The molecule has 0 saturated heterocycles. The van der Waals surface area contributed by atoms with Crippen LogP contribution in [0, 0.1) is 12.3 Å². The molecule has 0 bridgehead atoms. The summed E-state index contributed by atoms with van der Waals surface area (Å²) in [5.41, 5.74) is 3.79. The van der Waals surface area contributed by atoms with Crippen LogP contribution in [-0.2, 0) is 12.8 Å². The lowest BCUT2D eigenvalue weighted by atomic mass is 9.76. The van der Waals surface area contributed by atoms with Gasteiger partial charge in [0.25, 0.3) is 0 Å². The Morgan fingerprint density at radius 2 is 1.87 bits per heavy atom. The molecule has 1 aliphatic carbocycles. The number of nitrogens with zero attached hydrogens (tertiary/aromatic N) is 2. The standard InChI is InChI=1S/C20H26N2O/c1-13(2)18-21-16-12-20(4,5)11-10-15(16)19(22-18)23-17-9-7-6-8-14(17)3/h6-9,13H,10-12H2,1-5H3. The third-order valence-corrected chi connectivity index (χ3v) is 4.59. The third kappa shape index (κ3) is 3.39. The van der Waals surface area contributed by atoms with Crippen molar-refractivity contribution >= 4 is 0 Å². The zero-order chi connectivity index (χ0) is 16.6. The zero-order valence-electron chi connectivity index (χ0n) is 14.8. The van der Waals surface area contributed by atoms with Crippen LogP contribution in [0.1, 0.15) is 62.7 Å². The fourth-order valence-corrected chi connectivity index (χ4v) is 3.05. The minimum atomic E-state index is 0.296. The van der Waals surface area contributed by atoms with Crippen LogP contribution in [0.3, 0.4) is 0 Å². The van der Waals surface area contributed by atoms with Crippen LogP contribution < -0.4 is 4.74 Å². The van der Waals surface area contributed by atoms with Crippen LogP contribution in [0.5, 0.6) is 11.6 Å². The first-order chi connectivity index (χ1) is 10.9. The molecule has 0 fully saturated rings. The van der Waals surface area contributed by atoms with E-state index in [0.29, 0.717) is 11.3 Å². The highest BCUT2D eigenvalue weighted by Crippen LogP contribution is 2.39. The van der Waals surface area contributed by atoms with Gasteiger partial charge in [0.1, 0.15) is 11.6 Å². The quantitative estimate of drug-likeness (QED) is 0.780. The van der Waals surface area contributed by atoms with Crippen LogP contribution in [0.4, 0.5) is 0 Å². The van der Waals surface area contributed by atoms with Crippen LogP contribution >= 0.6 is 0 Å². The molecule has 0 radical (unpaired) electrons. The summed E-state index contributed by atoms with van der Waals surface area (Å²) in [6, 6.07) is 8.10. The number of hydrogen-bond donors (Lipinski definition) is 0. The van der Waals surface area contributed by atoms with Crippen molar-refractivity contribution in [2.75, 3.05) is 0 Å². The molecule has 2 aromatic rings. The molecule has 1 aromatic heterocycles. The summed E-state index contributed by atoms with van der Waals surface area (Å²) in [6.45, 7) is 11.0. The van der Waals surface area contributed by atoms with Gasteiger partial charge in [0.05, 0.1) is 5.69 Å². The van der Waals surface area contributed by atoms with E-state index < -0.39 is 0 Å². The summed E-state index contributed by atoms with van der Waals surface area (Å²) < 4.78 is 6.22. The molecule has 3 heteroatoms. The molecule has 0 atom stereocenters. The van der Waals surface area contributed by atoms with Crippen molar-refractivity contribution in [3.63, 3.8) is 0 Å². The van der Waals surface area contributed by atoms with Crippen LogP contribution in [-0.4, -0.2) is 9.97 Å². The van der Waals surface area contributed by atoms with E-state index in [4.69, 9.17) is 14.7 Å². The maximum atomic E-state index is 6.22. The van der Waals surface area contributed by atoms with Crippen molar-refractivity contribution in [2.24, 2.45) is 5.41 Å². The topological polar surface area (TPSA) is 35.0 Å². The van der Waals surface area contributed by atoms with Gasteiger partial charge in [-0.1, -0.05) is 45.9 Å². The Labute approximate surface area is 139 Å². The van der Waals surface area contributed by atoms with Gasteiger partial charge in [-0.2, -0.15) is 4.98 Å². The largest absolute Gasteiger partial charge is 0.438 e. The van der Waals surface area contributed by atoms with Gasteiger partial charge in [-0.05, 0) is 43.2 Å². The number of fused-ring (bicyclic) bond motifs is 1. The molecule has 0 saturated carbocycles. The smallest absolute Gasteiger partial charge is 0.226 e. The van der Waals surface area contributed by atoms with Crippen LogP contribution in [0.15, 0.2) is 24.3 Å². The second-order valence-corrected chi connectivity index (χ2v) is 7.68. The fraction of sp³-hybridized carbons (Fsp3) is 0.500. The number of ether oxygens (including phenoxy) is 1. The van der Waals surface area contributed by atoms with Crippen molar-refractivity contribution in [1.29, 1.82) is 0 Å². The summed E-state index contributed by atoms with van der Waals surface area (Å²) >= 11 is 0. The van der Waals surface area contributed by atoms with E-state index in [1.807, 2.05) is 18.2 Å². The lowest BCUT2D eigenvalue weighted by Crippen LogP contribution is -2.25. The molecule has 1 heterocycles. The Morgan fingerprint density at radius 1 is 1.13 bits per heavy atom. The van der Waals surface area contributed by atoms with Gasteiger partial charge in [0, 0.05) is 11.5 Å². The first-order valence-corrected chi connectivity index (χ1v) is 8.49. The molecule has 1 aromatic carbocycles. The minimum absolute atomic E-state index is 0.296. The SMILES string of the molecule is Cc1ccccc1Oc1nc(C(C)C)nc2c1CCC(C)(C)C2. The average Bonchev–Trinajstić information content (AvgIpc) is 2.48. The minimum Gasteiger partial charge on any atom is -0.438 e. The van der Waals surface area contributed by atoms with Gasteiger partial charge in [-0.15, -0.1) is 0 Å². The van der Waals surface area contributed by atoms with E-state index in [1.54, 1.807) is 0 Å². The number of para-hydroxylation sites is 1. The molecule has 0 aliphatic heterocycles. The van der Waals surface area contributed by atoms with E-state index in [1.165, 1.54) is 11.3 Å². The number of benzene rings is 1. The average molecular weight is 310 g/mol. The molecule has 3 rings (SSSR count). The second kappa shape index (κ2) is 5.95. The van der Waals surface area contributed by atoms with E-state index in [-0.39, 0.29) is 0 Å². The highest BCUT2D eigenvalue weighted by atomic mass is 16.5. The van der Waals surface area contributed by atoms with Crippen molar-refractivity contribution in [3.8, 4) is 11.6 Å². The highest BCUT2D eigenvalue weighted by molar-refractivity contribution is 5.40. The van der Waals surface area contributed by atoms with E-state index in [9.17, 15) is 0 Å². The Hall–Kier alpha value is -1.90. The zero-order valence-corrected chi connectivity index (χ0v) is 14.8. The normalized spacial score (nSPS) is 16.3. The molecule has 0 N–H and O–H groups in total. The molecule has 23 heavy (non-hydrogen) atoms. The van der Waals surface area contributed by atoms with E-state index in [0.717, 1.165) is 42.3 Å². The number of aryl methyl sites for hydroxylation is 1. The van der Waals surface area contributed by atoms with E-state index >= 15 is 0 Å². The monoisotopic (exact) mass is 310 g/mol. The maximum Gasteiger partial charge on any atom is 0.226 e. The maximum absolute atomic E-state index is 6.22. The highest BCUT2D eigenvalue weighted by Gasteiger charge is 2.30. The van der Waals surface area contributed by atoms with Crippen molar-refractivity contribution in [2.45, 2.75) is 59.8 Å². The predicted octanol–water partition coefficient (Wildman–Crippen LogP) is 5.22. The van der Waals surface area contributed by atoms with Crippen molar-refractivity contribution < 1.29 is 4.74 Å². The number of rotatable bonds is 3. The molecule has 3 nitrogen and oxygen atoms in total. The van der Waals surface area contributed by atoms with Crippen molar-refractivity contribution in [1.82, 2.24) is 9.97 Å². The lowest BCUT2D eigenvalue weighted by molar-refractivity contribution is 0.303. The van der Waals surface area contributed by atoms with Gasteiger partial charge < -0.3 is 4.74 Å². The molecule has 1 aliphatic rings. The Kier molecular flexibility index (Phi) is 4.13. The summed E-state index contributed by atoms with van der Waals surface area (Å²) in [6.07, 6.45) is 3.13.